The van der Waals surface area contributed by atoms with Crippen LogP contribution in [0, 0.1) is 0 Å². The number of ketones is 1. The molecule has 154 valence electrons. The molecule has 1 fully saturated rings. The molecular weight excluding hydrogens is 369 g/mol. The summed E-state index contributed by atoms with van der Waals surface area (Å²) in [6, 6.07) is 3.50. The van der Waals surface area contributed by atoms with Crippen LogP contribution in [0.15, 0.2) is 60.7 Å². The van der Waals surface area contributed by atoms with Crippen molar-refractivity contribution in [2.75, 3.05) is 33.9 Å². The van der Waals surface area contributed by atoms with Crippen molar-refractivity contribution >= 4 is 5.78 Å². The van der Waals surface area contributed by atoms with Gasteiger partial charge in [-0.25, -0.2) is 4.39 Å². The molecule has 2 aliphatic rings. The molecule has 0 spiro atoms. The zero-order valence-electron chi connectivity index (χ0n) is 17.2. The van der Waals surface area contributed by atoms with Gasteiger partial charge < -0.3 is 9.47 Å². The van der Waals surface area contributed by atoms with Crippen LogP contribution < -0.4 is 9.47 Å². The van der Waals surface area contributed by atoms with Gasteiger partial charge in [-0.3, -0.25) is 9.69 Å². The number of methoxy groups -OCH3 is 2. The van der Waals surface area contributed by atoms with E-state index in [-0.39, 0.29) is 5.78 Å². The summed E-state index contributed by atoms with van der Waals surface area (Å²) in [5, 5.41) is 0. The predicted molar refractivity (Wildman–Crippen MR) is 114 cm³/mol. The van der Waals surface area contributed by atoms with Crippen molar-refractivity contribution in [3.05, 3.63) is 71.9 Å². The van der Waals surface area contributed by atoms with Gasteiger partial charge in [-0.1, -0.05) is 31.4 Å². The number of rotatable bonds is 7. The van der Waals surface area contributed by atoms with Crippen LogP contribution >= 0.6 is 0 Å². The first kappa shape index (κ1) is 21.1. The third-order valence-electron chi connectivity index (χ3n) is 5.54. The molecule has 0 N–H and O–H groups in total. The lowest BCUT2D eigenvalue weighted by atomic mass is 9.90. The van der Waals surface area contributed by atoms with Crippen molar-refractivity contribution in [1.82, 2.24) is 4.90 Å². The van der Waals surface area contributed by atoms with Crippen LogP contribution in [0.2, 0.25) is 0 Å². The fraction of sp³-hybridized carbons (Fsp3) is 0.375. The van der Waals surface area contributed by atoms with Crippen molar-refractivity contribution in [1.29, 1.82) is 0 Å². The highest BCUT2D eigenvalue weighted by atomic mass is 19.1. The maximum Gasteiger partial charge on any atom is 0.189 e. The predicted octanol–water partition coefficient (Wildman–Crippen LogP) is 4.47. The van der Waals surface area contributed by atoms with Crippen molar-refractivity contribution in [3.8, 4) is 11.5 Å². The number of fused-ring (bicyclic) bond motifs is 1. The van der Waals surface area contributed by atoms with E-state index in [1.165, 1.54) is 7.11 Å². The Labute approximate surface area is 172 Å². The number of carbonyl (C=O) groups is 1. The summed E-state index contributed by atoms with van der Waals surface area (Å²) in [7, 11) is 3.09. The SMILES string of the molecule is C=C/C=C\C(=C)CN1CCC(F)(/C=C2\Cc3cc(OC)c(OC)cc3C2=O)CC1. The highest BCUT2D eigenvalue weighted by Gasteiger charge is 2.36. The summed E-state index contributed by atoms with van der Waals surface area (Å²) in [6.07, 6.45) is 8.19. The molecule has 0 unspecified atom stereocenters. The third-order valence-corrected chi connectivity index (χ3v) is 5.54. The van der Waals surface area contributed by atoms with Crippen molar-refractivity contribution in [2.24, 2.45) is 0 Å². The fourth-order valence-electron chi connectivity index (χ4n) is 3.94. The van der Waals surface area contributed by atoms with Gasteiger partial charge in [0.1, 0.15) is 5.67 Å². The summed E-state index contributed by atoms with van der Waals surface area (Å²) < 4.78 is 26.1. The van der Waals surface area contributed by atoms with E-state index >= 15 is 4.39 Å². The van der Waals surface area contributed by atoms with E-state index in [4.69, 9.17) is 9.47 Å². The van der Waals surface area contributed by atoms with Gasteiger partial charge in [0, 0.05) is 37.2 Å². The summed E-state index contributed by atoms with van der Waals surface area (Å²) in [5.41, 5.74) is 1.45. The molecule has 1 saturated heterocycles. The minimum atomic E-state index is -1.46. The lowest BCUT2D eigenvalue weighted by Gasteiger charge is -2.35. The Kier molecular flexibility index (Phi) is 6.38. The van der Waals surface area contributed by atoms with E-state index in [1.54, 1.807) is 25.3 Å². The van der Waals surface area contributed by atoms with Gasteiger partial charge in [-0.05, 0) is 42.2 Å². The topological polar surface area (TPSA) is 38.8 Å². The number of allylic oxidation sites excluding steroid dienone is 4. The molecule has 3 rings (SSSR count). The molecule has 1 heterocycles. The molecule has 1 aromatic carbocycles. The average Bonchev–Trinajstić information content (AvgIpc) is 3.01. The second kappa shape index (κ2) is 8.78. The maximum absolute atomic E-state index is 15.5. The Morgan fingerprint density at radius 2 is 1.90 bits per heavy atom. The van der Waals surface area contributed by atoms with E-state index in [2.05, 4.69) is 18.1 Å². The lowest BCUT2D eigenvalue weighted by Crippen LogP contribution is -2.41. The maximum atomic E-state index is 15.5. The number of hydrogen-bond donors (Lipinski definition) is 0. The van der Waals surface area contributed by atoms with E-state index in [0.717, 1.165) is 11.1 Å². The first-order valence-corrected chi connectivity index (χ1v) is 9.78. The summed E-state index contributed by atoms with van der Waals surface area (Å²) in [4.78, 5) is 15.0. The number of Topliss-reactive ketones (excluding diaryl/α,β-unsaturated/α-hetero) is 1. The number of hydrogen-bond acceptors (Lipinski definition) is 4. The summed E-state index contributed by atoms with van der Waals surface area (Å²) in [6.45, 7) is 9.64. The molecule has 1 aromatic rings. The number of likely N-dealkylation sites (tertiary alicyclic amines) is 1. The smallest absolute Gasteiger partial charge is 0.189 e. The molecule has 0 amide bonds. The molecule has 29 heavy (non-hydrogen) atoms. The molecule has 4 nitrogen and oxygen atoms in total. The molecule has 0 aromatic heterocycles. The Morgan fingerprint density at radius 1 is 1.24 bits per heavy atom. The van der Waals surface area contributed by atoms with Gasteiger partial charge in [-0.15, -0.1) is 0 Å². The zero-order chi connectivity index (χ0) is 21.0. The molecule has 1 aliphatic carbocycles. The second-order valence-corrected chi connectivity index (χ2v) is 7.60. The monoisotopic (exact) mass is 397 g/mol. The molecule has 0 radical (unpaired) electrons. The quantitative estimate of drug-likeness (QED) is 0.503. The lowest BCUT2D eigenvalue weighted by molar-refractivity contribution is 0.0973. The minimum absolute atomic E-state index is 0.122. The van der Waals surface area contributed by atoms with Crippen molar-refractivity contribution in [2.45, 2.75) is 24.9 Å². The van der Waals surface area contributed by atoms with Gasteiger partial charge >= 0.3 is 0 Å². The molecule has 5 heteroatoms. The Bertz CT molecular complexity index is 876. The Morgan fingerprint density at radius 3 is 2.52 bits per heavy atom. The number of nitrogens with zero attached hydrogens (tertiary/aromatic N) is 1. The summed E-state index contributed by atoms with van der Waals surface area (Å²) >= 11 is 0. The van der Waals surface area contributed by atoms with Crippen LogP contribution in [-0.2, 0) is 6.42 Å². The Balaban J connectivity index is 1.69. The van der Waals surface area contributed by atoms with Gasteiger partial charge in [0.25, 0.3) is 0 Å². The standard InChI is InChI=1S/C24H28FNO3/c1-5-6-7-17(2)16-26-10-8-24(25,9-11-26)15-19-12-18-13-21(28-3)22(29-4)14-20(18)23(19)27/h5-7,13-15H,1-2,8-12,16H2,3-4H3/b7-6-,19-15+. The number of halogens is 1. The van der Waals surface area contributed by atoms with Crippen LogP contribution in [0.25, 0.3) is 0 Å². The van der Waals surface area contributed by atoms with Crippen LogP contribution in [-0.4, -0.2) is 50.2 Å². The second-order valence-electron chi connectivity index (χ2n) is 7.60. The number of piperidine rings is 1. The highest BCUT2D eigenvalue weighted by molar-refractivity contribution is 6.13. The molecule has 0 atom stereocenters. The first-order valence-electron chi connectivity index (χ1n) is 9.78. The molecular formula is C24H28FNO3. The molecule has 1 aliphatic heterocycles. The number of ether oxygens (including phenoxy) is 2. The zero-order valence-corrected chi connectivity index (χ0v) is 17.2. The van der Waals surface area contributed by atoms with E-state index in [0.29, 0.717) is 61.5 Å². The van der Waals surface area contributed by atoms with Gasteiger partial charge in [0.2, 0.25) is 0 Å². The number of carbonyl (C=O) groups excluding carboxylic acids is 1. The van der Waals surface area contributed by atoms with E-state index in [9.17, 15) is 4.79 Å². The number of alkyl halides is 1. The van der Waals surface area contributed by atoms with Crippen molar-refractivity contribution in [3.63, 3.8) is 0 Å². The van der Waals surface area contributed by atoms with Crippen LogP contribution in [0.3, 0.4) is 0 Å². The average molecular weight is 397 g/mol. The fourth-order valence-corrected chi connectivity index (χ4v) is 3.94. The first-order chi connectivity index (χ1) is 13.9. The third kappa shape index (κ3) is 4.67. The summed E-state index contributed by atoms with van der Waals surface area (Å²) in [5.74, 6) is 0.965. The molecule has 0 bridgehead atoms. The van der Waals surface area contributed by atoms with Gasteiger partial charge in [0.05, 0.1) is 14.2 Å². The van der Waals surface area contributed by atoms with E-state index in [1.807, 2.05) is 18.2 Å². The van der Waals surface area contributed by atoms with E-state index < -0.39 is 5.67 Å². The normalized spacial score (nSPS) is 20.1. The van der Waals surface area contributed by atoms with Crippen LogP contribution in [0.5, 0.6) is 11.5 Å². The van der Waals surface area contributed by atoms with Crippen LogP contribution in [0.4, 0.5) is 4.39 Å². The minimum Gasteiger partial charge on any atom is -0.493 e. The van der Waals surface area contributed by atoms with Gasteiger partial charge in [-0.2, -0.15) is 0 Å². The highest BCUT2D eigenvalue weighted by Crippen LogP contribution is 2.38. The molecule has 0 saturated carbocycles. The largest absolute Gasteiger partial charge is 0.493 e. The Hall–Kier alpha value is -2.66. The number of benzene rings is 1. The van der Waals surface area contributed by atoms with Crippen LogP contribution in [0.1, 0.15) is 28.8 Å². The van der Waals surface area contributed by atoms with Crippen molar-refractivity contribution < 1.29 is 18.7 Å². The van der Waals surface area contributed by atoms with Gasteiger partial charge in [0.15, 0.2) is 17.3 Å².